The van der Waals surface area contributed by atoms with Gasteiger partial charge in [0.1, 0.15) is 11.6 Å². The molecule has 138 valence electrons. The smallest absolute Gasteiger partial charge is 0.255 e. The lowest BCUT2D eigenvalue weighted by molar-refractivity contribution is 0.0955. The first-order chi connectivity index (χ1) is 13.1. The minimum Gasteiger partial charge on any atom is -0.351 e. The molecule has 8 heteroatoms. The summed E-state index contributed by atoms with van der Waals surface area (Å²) in [5.41, 5.74) is 2.96. The van der Waals surface area contributed by atoms with Crippen LogP contribution in [0.4, 0.5) is 0 Å². The van der Waals surface area contributed by atoms with Crippen molar-refractivity contribution in [2.24, 2.45) is 7.05 Å². The second-order valence-electron chi connectivity index (χ2n) is 6.31. The van der Waals surface area contributed by atoms with Gasteiger partial charge < -0.3 is 9.88 Å². The first-order valence-corrected chi connectivity index (χ1v) is 9.18. The average molecular weight is 383 g/mol. The summed E-state index contributed by atoms with van der Waals surface area (Å²) in [6.45, 7) is 2.48. The van der Waals surface area contributed by atoms with Crippen molar-refractivity contribution in [3.63, 3.8) is 0 Å². The van der Waals surface area contributed by atoms with Crippen LogP contribution in [0.5, 0.6) is 0 Å². The van der Waals surface area contributed by atoms with Gasteiger partial charge >= 0.3 is 0 Å². The lowest BCUT2D eigenvalue weighted by Gasteiger charge is -2.07. The molecule has 4 aromatic rings. The molecule has 7 nitrogen and oxygen atoms in total. The highest BCUT2D eigenvalue weighted by molar-refractivity contribution is 6.31. The Bertz CT molecular complexity index is 1150. The molecule has 1 N–H and O–H groups in total. The van der Waals surface area contributed by atoms with Gasteiger partial charge in [0.2, 0.25) is 0 Å². The number of carbonyl (C=O) groups excluding carboxylic acids is 1. The Morgan fingerprint density at radius 1 is 1.22 bits per heavy atom. The van der Waals surface area contributed by atoms with Crippen LogP contribution in [0, 0.1) is 0 Å². The van der Waals surface area contributed by atoms with Crippen molar-refractivity contribution in [3.8, 4) is 0 Å². The van der Waals surface area contributed by atoms with Gasteiger partial charge in [0, 0.05) is 37.7 Å². The van der Waals surface area contributed by atoms with Crippen LogP contribution in [0.2, 0.25) is 5.02 Å². The lowest BCUT2D eigenvalue weighted by Crippen LogP contribution is -2.27. The van der Waals surface area contributed by atoms with E-state index in [2.05, 4.69) is 20.5 Å². The van der Waals surface area contributed by atoms with E-state index in [9.17, 15) is 4.79 Å². The Balaban J connectivity index is 1.49. The number of halogens is 1. The fourth-order valence-electron chi connectivity index (χ4n) is 3.20. The average Bonchev–Trinajstić information content (AvgIpc) is 3.23. The van der Waals surface area contributed by atoms with E-state index in [0.29, 0.717) is 29.2 Å². The SMILES string of the molecule is CCc1nnc2c(C(=O)NCCc3nc4ccc(Cl)cc4n3C)cccn12. The Kier molecular flexibility index (Phi) is 4.53. The number of benzene rings is 1. The summed E-state index contributed by atoms with van der Waals surface area (Å²) in [7, 11) is 1.95. The summed E-state index contributed by atoms with van der Waals surface area (Å²) >= 11 is 6.06. The molecule has 3 aromatic heterocycles. The topological polar surface area (TPSA) is 77.1 Å². The van der Waals surface area contributed by atoms with Crippen LogP contribution >= 0.6 is 11.6 Å². The van der Waals surface area contributed by atoms with Crippen LogP contribution in [0.1, 0.15) is 28.9 Å². The molecular formula is C19H19ClN6O. The molecule has 0 saturated carbocycles. The zero-order valence-electron chi connectivity index (χ0n) is 15.1. The van der Waals surface area contributed by atoms with Crippen LogP contribution in [0.15, 0.2) is 36.5 Å². The Hall–Kier alpha value is -2.93. The van der Waals surface area contributed by atoms with E-state index >= 15 is 0 Å². The molecule has 0 spiro atoms. The Morgan fingerprint density at radius 3 is 2.89 bits per heavy atom. The normalized spacial score (nSPS) is 11.4. The van der Waals surface area contributed by atoms with Gasteiger partial charge in [-0.1, -0.05) is 18.5 Å². The van der Waals surface area contributed by atoms with E-state index in [-0.39, 0.29) is 5.91 Å². The van der Waals surface area contributed by atoms with Crippen LogP contribution in [0.3, 0.4) is 0 Å². The van der Waals surface area contributed by atoms with Crippen LogP contribution < -0.4 is 5.32 Å². The third-order valence-corrected chi connectivity index (χ3v) is 4.87. The fourth-order valence-corrected chi connectivity index (χ4v) is 3.37. The van der Waals surface area contributed by atoms with E-state index in [1.165, 1.54) is 0 Å². The molecule has 0 radical (unpaired) electrons. The summed E-state index contributed by atoms with van der Waals surface area (Å²) in [5.74, 6) is 1.55. The monoisotopic (exact) mass is 382 g/mol. The van der Waals surface area contributed by atoms with Gasteiger partial charge in [-0.25, -0.2) is 4.98 Å². The van der Waals surface area contributed by atoms with Crippen molar-refractivity contribution in [2.75, 3.05) is 6.54 Å². The van der Waals surface area contributed by atoms with Gasteiger partial charge in [-0.2, -0.15) is 0 Å². The van der Waals surface area contributed by atoms with E-state index < -0.39 is 0 Å². The minimum absolute atomic E-state index is 0.169. The largest absolute Gasteiger partial charge is 0.351 e. The molecule has 27 heavy (non-hydrogen) atoms. The van der Waals surface area contributed by atoms with E-state index in [0.717, 1.165) is 29.1 Å². The molecule has 0 saturated heterocycles. The highest BCUT2D eigenvalue weighted by atomic mass is 35.5. The van der Waals surface area contributed by atoms with Crippen molar-refractivity contribution in [1.82, 2.24) is 29.5 Å². The molecule has 0 atom stereocenters. The third-order valence-electron chi connectivity index (χ3n) is 4.64. The highest BCUT2D eigenvalue weighted by Gasteiger charge is 2.14. The molecule has 0 aliphatic rings. The van der Waals surface area contributed by atoms with Gasteiger partial charge in [-0.15, -0.1) is 10.2 Å². The van der Waals surface area contributed by atoms with Gasteiger partial charge in [0.05, 0.1) is 16.6 Å². The molecule has 0 unspecified atom stereocenters. The predicted octanol–water partition coefficient (Wildman–Crippen LogP) is 2.80. The molecule has 4 rings (SSSR count). The second-order valence-corrected chi connectivity index (χ2v) is 6.75. The van der Waals surface area contributed by atoms with Crippen LogP contribution in [-0.2, 0) is 19.9 Å². The summed E-state index contributed by atoms with van der Waals surface area (Å²) in [4.78, 5) is 17.2. The fraction of sp³-hybridized carbons (Fsp3) is 0.263. The summed E-state index contributed by atoms with van der Waals surface area (Å²) in [6, 6.07) is 9.21. The van der Waals surface area contributed by atoms with Gasteiger partial charge in [-0.05, 0) is 30.3 Å². The number of aryl methyl sites for hydroxylation is 2. The Labute approximate surface area is 161 Å². The van der Waals surface area contributed by atoms with Gasteiger partial charge in [0.25, 0.3) is 5.91 Å². The number of rotatable bonds is 5. The predicted molar refractivity (Wildman–Crippen MR) is 104 cm³/mol. The maximum atomic E-state index is 12.6. The highest BCUT2D eigenvalue weighted by Crippen LogP contribution is 2.20. The minimum atomic E-state index is -0.169. The first kappa shape index (κ1) is 17.5. The number of nitrogens with zero attached hydrogens (tertiary/aromatic N) is 5. The zero-order chi connectivity index (χ0) is 19.0. The lowest BCUT2D eigenvalue weighted by atomic mass is 10.2. The molecule has 0 fully saturated rings. The number of nitrogens with one attached hydrogen (secondary N) is 1. The number of hydrogen-bond acceptors (Lipinski definition) is 4. The van der Waals surface area contributed by atoms with Crippen molar-refractivity contribution in [2.45, 2.75) is 19.8 Å². The van der Waals surface area contributed by atoms with Crippen molar-refractivity contribution in [1.29, 1.82) is 0 Å². The number of imidazole rings is 1. The van der Waals surface area contributed by atoms with E-state index in [4.69, 9.17) is 11.6 Å². The molecule has 0 aliphatic heterocycles. The van der Waals surface area contributed by atoms with Crippen molar-refractivity contribution < 1.29 is 4.79 Å². The molecule has 0 aliphatic carbocycles. The van der Waals surface area contributed by atoms with Gasteiger partial charge in [0.15, 0.2) is 5.65 Å². The standard InChI is InChI=1S/C19H19ClN6O/c1-3-16-23-24-18-13(5-4-10-26(16)18)19(27)21-9-8-17-22-14-7-6-12(20)11-15(14)25(17)2/h4-7,10-11H,3,8-9H2,1-2H3,(H,21,27). The van der Waals surface area contributed by atoms with Crippen molar-refractivity contribution in [3.05, 3.63) is 58.8 Å². The summed E-state index contributed by atoms with van der Waals surface area (Å²) < 4.78 is 3.85. The number of hydrogen-bond donors (Lipinski definition) is 1. The zero-order valence-corrected chi connectivity index (χ0v) is 15.9. The molecule has 3 heterocycles. The number of amides is 1. The number of aromatic nitrogens is 5. The summed E-state index contributed by atoms with van der Waals surface area (Å²) in [6.07, 6.45) is 3.24. The first-order valence-electron chi connectivity index (χ1n) is 8.80. The number of fused-ring (bicyclic) bond motifs is 2. The van der Waals surface area contributed by atoms with Gasteiger partial charge in [-0.3, -0.25) is 9.20 Å². The van der Waals surface area contributed by atoms with E-state index in [1.807, 2.05) is 53.4 Å². The molecule has 0 bridgehead atoms. The number of carbonyl (C=O) groups is 1. The molecule has 1 aromatic carbocycles. The molecular weight excluding hydrogens is 364 g/mol. The summed E-state index contributed by atoms with van der Waals surface area (Å²) in [5, 5.41) is 11.9. The maximum Gasteiger partial charge on any atom is 0.255 e. The second kappa shape index (κ2) is 7.00. The van der Waals surface area contributed by atoms with Crippen LogP contribution in [-0.4, -0.2) is 36.6 Å². The number of pyridine rings is 1. The van der Waals surface area contributed by atoms with Crippen molar-refractivity contribution >= 4 is 34.2 Å². The maximum absolute atomic E-state index is 12.6. The Morgan fingerprint density at radius 2 is 2.07 bits per heavy atom. The molecule has 1 amide bonds. The quantitative estimate of drug-likeness (QED) is 0.575. The van der Waals surface area contributed by atoms with Crippen LogP contribution in [0.25, 0.3) is 16.7 Å². The van der Waals surface area contributed by atoms with E-state index in [1.54, 1.807) is 6.07 Å². The third kappa shape index (κ3) is 3.14.